The first-order chi connectivity index (χ1) is 7.75. The zero-order valence-electron chi connectivity index (χ0n) is 10.6. The lowest BCUT2D eigenvalue weighted by Crippen LogP contribution is -2.43. The number of nitrogens with zero attached hydrogens (tertiary/aromatic N) is 1. The Kier molecular flexibility index (Phi) is 2.98. The van der Waals surface area contributed by atoms with Crippen molar-refractivity contribution in [3.8, 4) is 0 Å². The second-order valence-electron chi connectivity index (χ2n) is 5.54. The van der Waals surface area contributed by atoms with Gasteiger partial charge in [-0.15, -0.1) is 0 Å². The number of hydrogen-bond acceptors (Lipinski definition) is 4. The maximum Gasteiger partial charge on any atom is 0.244 e. The van der Waals surface area contributed by atoms with E-state index in [1.54, 1.807) is 4.90 Å². The Labute approximate surface area is 102 Å². The third-order valence-electron chi connectivity index (χ3n) is 3.51. The summed E-state index contributed by atoms with van der Waals surface area (Å²) >= 11 is 0. The fourth-order valence-electron chi connectivity index (χ4n) is 2.34. The van der Waals surface area contributed by atoms with E-state index in [9.17, 15) is 13.2 Å². The molecule has 0 aromatic rings. The number of nitrogens with one attached hydrogen (secondary N) is 1. The van der Waals surface area contributed by atoms with Crippen molar-refractivity contribution in [1.82, 2.24) is 10.2 Å². The van der Waals surface area contributed by atoms with Crippen LogP contribution < -0.4 is 5.32 Å². The normalized spacial score (nSPS) is 27.2. The van der Waals surface area contributed by atoms with Crippen molar-refractivity contribution in [2.24, 2.45) is 5.92 Å². The van der Waals surface area contributed by atoms with Crippen molar-refractivity contribution in [1.29, 1.82) is 0 Å². The van der Waals surface area contributed by atoms with Crippen LogP contribution in [-0.4, -0.2) is 49.5 Å². The molecule has 17 heavy (non-hydrogen) atoms. The molecule has 1 heterocycles. The SMILES string of the molecule is CC(C)C1NC2(CC2)C(=O)N1CCS(C)(=O)=O. The minimum atomic E-state index is -3.02. The molecule has 1 saturated carbocycles. The molecule has 2 rings (SSSR count). The first kappa shape index (κ1) is 12.8. The van der Waals surface area contributed by atoms with Crippen molar-refractivity contribution in [2.75, 3.05) is 18.6 Å². The van der Waals surface area contributed by atoms with Crippen molar-refractivity contribution in [3.63, 3.8) is 0 Å². The lowest BCUT2D eigenvalue weighted by Gasteiger charge is -2.26. The van der Waals surface area contributed by atoms with Gasteiger partial charge in [-0.3, -0.25) is 10.1 Å². The highest BCUT2D eigenvalue weighted by Crippen LogP contribution is 2.43. The fourth-order valence-corrected chi connectivity index (χ4v) is 2.87. The summed E-state index contributed by atoms with van der Waals surface area (Å²) in [5.41, 5.74) is -0.355. The van der Waals surface area contributed by atoms with E-state index in [0.717, 1.165) is 12.8 Å². The smallest absolute Gasteiger partial charge is 0.244 e. The van der Waals surface area contributed by atoms with Crippen LogP contribution in [0.25, 0.3) is 0 Å². The maximum atomic E-state index is 12.2. The predicted molar refractivity (Wildman–Crippen MR) is 65.2 cm³/mol. The van der Waals surface area contributed by atoms with Crippen molar-refractivity contribution in [3.05, 3.63) is 0 Å². The van der Waals surface area contributed by atoms with Crippen molar-refractivity contribution < 1.29 is 13.2 Å². The zero-order chi connectivity index (χ0) is 12.8. The van der Waals surface area contributed by atoms with Gasteiger partial charge in [0.25, 0.3) is 0 Å². The predicted octanol–water partition coefficient (Wildman–Crippen LogP) is -0.0225. The molecule has 6 heteroatoms. The monoisotopic (exact) mass is 260 g/mol. The van der Waals surface area contributed by atoms with Crippen LogP contribution in [0, 0.1) is 5.92 Å². The Bertz CT molecular complexity index is 426. The van der Waals surface area contributed by atoms with Gasteiger partial charge < -0.3 is 4.90 Å². The van der Waals surface area contributed by atoms with E-state index in [1.165, 1.54) is 6.26 Å². The first-order valence-corrected chi connectivity index (χ1v) is 8.08. The quantitative estimate of drug-likeness (QED) is 0.771. The summed E-state index contributed by atoms with van der Waals surface area (Å²) in [6, 6.07) is 0. The molecule has 0 radical (unpaired) electrons. The fraction of sp³-hybridized carbons (Fsp3) is 0.909. The lowest BCUT2D eigenvalue weighted by atomic mass is 10.1. The van der Waals surface area contributed by atoms with Gasteiger partial charge in [-0.25, -0.2) is 8.42 Å². The van der Waals surface area contributed by atoms with Crippen LogP contribution >= 0.6 is 0 Å². The molecule has 0 aromatic heterocycles. The Balaban J connectivity index is 2.09. The molecule has 1 N–H and O–H groups in total. The highest BCUT2D eigenvalue weighted by molar-refractivity contribution is 7.90. The average molecular weight is 260 g/mol. The van der Waals surface area contributed by atoms with E-state index in [-0.39, 0.29) is 23.4 Å². The van der Waals surface area contributed by atoms with E-state index in [4.69, 9.17) is 0 Å². The number of rotatable bonds is 4. The number of carbonyl (C=O) groups is 1. The van der Waals surface area contributed by atoms with Gasteiger partial charge in [0.1, 0.15) is 9.84 Å². The second-order valence-corrected chi connectivity index (χ2v) is 7.80. The molecule has 2 aliphatic rings. The second kappa shape index (κ2) is 3.95. The molecule has 1 amide bonds. The van der Waals surface area contributed by atoms with Gasteiger partial charge in [0.2, 0.25) is 5.91 Å². The third-order valence-corrected chi connectivity index (χ3v) is 4.44. The van der Waals surface area contributed by atoms with Gasteiger partial charge >= 0.3 is 0 Å². The number of hydrogen-bond donors (Lipinski definition) is 1. The van der Waals surface area contributed by atoms with Crippen LogP contribution in [0.15, 0.2) is 0 Å². The lowest BCUT2D eigenvalue weighted by molar-refractivity contribution is -0.130. The largest absolute Gasteiger partial charge is 0.324 e. The standard InChI is InChI=1S/C11H20N2O3S/c1-8(2)9-12-11(4-5-11)10(14)13(9)6-7-17(3,15)16/h8-9,12H,4-7H2,1-3H3. The van der Waals surface area contributed by atoms with Crippen LogP contribution in [0.4, 0.5) is 0 Å². The summed E-state index contributed by atoms with van der Waals surface area (Å²) in [5, 5.41) is 3.36. The molecular weight excluding hydrogens is 240 g/mol. The van der Waals surface area contributed by atoms with Gasteiger partial charge in [-0.1, -0.05) is 13.8 Å². The van der Waals surface area contributed by atoms with E-state index in [1.807, 2.05) is 13.8 Å². The van der Waals surface area contributed by atoms with Crippen LogP contribution in [0.1, 0.15) is 26.7 Å². The molecule has 1 saturated heterocycles. The van der Waals surface area contributed by atoms with Crippen LogP contribution in [0.5, 0.6) is 0 Å². The molecule has 1 spiro atoms. The molecule has 5 nitrogen and oxygen atoms in total. The van der Waals surface area contributed by atoms with E-state index < -0.39 is 9.84 Å². The molecule has 1 aliphatic heterocycles. The molecule has 98 valence electrons. The minimum Gasteiger partial charge on any atom is -0.324 e. The molecule has 0 bridgehead atoms. The number of amides is 1. The highest BCUT2D eigenvalue weighted by Gasteiger charge is 2.59. The molecule has 1 aliphatic carbocycles. The molecular formula is C11H20N2O3S. The summed E-state index contributed by atoms with van der Waals surface area (Å²) < 4.78 is 22.4. The average Bonchev–Trinajstić information content (AvgIpc) is 2.88. The van der Waals surface area contributed by atoms with Gasteiger partial charge in [0.15, 0.2) is 0 Å². The Morgan fingerprint density at radius 3 is 2.47 bits per heavy atom. The van der Waals surface area contributed by atoms with Crippen molar-refractivity contribution in [2.45, 2.75) is 38.4 Å². The molecule has 0 aromatic carbocycles. The van der Waals surface area contributed by atoms with Gasteiger partial charge in [0.05, 0.1) is 17.5 Å². The summed E-state index contributed by atoms with van der Waals surface area (Å²) in [6.45, 7) is 4.38. The van der Waals surface area contributed by atoms with E-state index in [0.29, 0.717) is 12.5 Å². The summed E-state index contributed by atoms with van der Waals surface area (Å²) in [6.07, 6.45) is 2.94. The van der Waals surface area contributed by atoms with E-state index >= 15 is 0 Å². The molecule has 2 fully saturated rings. The molecule has 1 atom stereocenters. The summed E-state index contributed by atoms with van der Waals surface area (Å²) in [7, 11) is -3.02. The Morgan fingerprint density at radius 1 is 1.47 bits per heavy atom. The van der Waals surface area contributed by atoms with Gasteiger partial charge in [0, 0.05) is 12.8 Å². The number of carbonyl (C=O) groups excluding carboxylic acids is 1. The van der Waals surface area contributed by atoms with Crippen LogP contribution in [0.2, 0.25) is 0 Å². The van der Waals surface area contributed by atoms with E-state index in [2.05, 4.69) is 5.32 Å². The van der Waals surface area contributed by atoms with Crippen LogP contribution in [-0.2, 0) is 14.6 Å². The Morgan fingerprint density at radius 2 is 2.06 bits per heavy atom. The Hall–Kier alpha value is -0.620. The number of sulfone groups is 1. The van der Waals surface area contributed by atoms with Crippen LogP contribution in [0.3, 0.4) is 0 Å². The summed E-state index contributed by atoms with van der Waals surface area (Å²) in [4.78, 5) is 13.9. The summed E-state index contributed by atoms with van der Waals surface area (Å²) in [5.74, 6) is 0.415. The zero-order valence-corrected chi connectivity index (χ0v) is 11.4. The minimum absolute atomic E-state index is 0.0215. The van der Waals surface area contributed by atoms with Gasteiger partial charge in [-0.05, 0) is 18.8 Å². The maximum absolute atomic E-state index is 12.2. The van der Waals surface area contributed by atoms with Crippen molar-refractivity contribution >= 4 is 15.7 Å². The first-order valence-electron chi connectivity index (χ1n) is 6.02. The highest BCUT2D eigenvalue weighted by atomic mass is 32.2. The molecule has 1 unspecified atom stereocenters. The third kappa shape index (κ3) is 2.47. The topological polar surface area (TPSA) is 66.5 Å². The van der Waals surface area contributed by atoms with Gasteiger partial charge in [-0.2, -0.15) is 0 Å².